The summed E-state index contributed by atoms with van der Waals surface area (Å²) in [4.78, 5) is 0. The van der Waals surface area contributed by atoms with Crippen LogP contribution in [0.5, 0.6) is 0 Å². The van der Waals surface area contributed by atoms with Crippen LogP contribution in [0, 0.1) is 19.8 Å². The van der Waals surface area contributed by atoms with E-state index in [-0.39, 0.29) is 12.5 Å². The summed E-state index contributed by atoms with van der Waals surface area (Å²) >= 11 is 6.28. The first kappa shape index (κ1) is 15.1. The summed E-state index contributed by atoms with van der Waals surface area (Å²) in [6.07, 6.45) is 1.59. The third kappa shape index (κ3) is 3.22. The van der Waals surface area contributed by atoms with Gasteiger partial charge in [0.05, 0.1) is 16.4 Å². The van der Waals surface area contributed by atoms with Crippen molar-refractivity contribution >= 4 is 11.6 Å². The maximum atomic E-state index is 9.66. The molecule has 108 valence electrons. The lowest BCUT2D eigenvalue weighted by molar-refractivity contribution is 0.223. The monoisotopic (exact) mass is 292 g/mol. The van der Waals surface area contributed by atoms with Gasteiger partial charge in [-0.2, -0.15) is 5.10 Å². The van der Waals surface area contributed by atoms with Crippen LogP contribution in [0.1, 0.15) is 22.5 Å². The van der Waals surface area contributed by atoms with Gasteiger partial charge < -0.3 is 5.11 Å². The number of aliphatic hydroxyl groups excluding tert-OH is 1. The number of benzene rings is 1. The molecule has 0 radical (unpaired) electrons. The van der Waals surface area contributed by atoms with Crippen LogP contribution in [0.2, 0.25) is 5.02 Å². The summed E-state index contributed by atoms with van der Waals surface area (Å²) in [6.45, 7) is 4.15. The van der Waals surface area contributed by atoms with Crippen LogP contribution in [0.15, 0.2) is 24.3 Å². The Kier molecular flexibility index (Phi) is 4.84. The minimum Gasteiger partial charge on any atom is -0.396 e. The van der Waals surface area contributed by atoms with Gasteiger partial charge in [-0.15, -0.1) is 0 Å². The highest BCUT2D eigenvalue weighted by molar-refractivity contribution is 6.31. The highest BCUT2D eigenvalue weighted by atomic mass is 35.5. The Morgan fingerprint density at radius 1 is 1.25 bits per heavy atom. The SMILES string of the molecule is Cc1ccccc1CC(CO)Cc1c(Cl)c(C)nn1C. The number of halogens is 1. The highest BCUT2D eigenvalue weighted by Crippen LogP contribution is 2.24. The van der Waals surface area contributed by atoms with Crippen LogP contribution in [-0.2, 0) is 19.9 Å². The average Bonchev–Trinajstić information content (AvgIpc) is 2.66. The molecule has 0 bridgehead atoms. The van der Waals surface area contributed by atoms with E-state index in [0.29, 0.717) is 0 Å². The molecule has 1 atom stereocenters. The Bertz CT molecular complexity index is 592. The normalized spacial score (nSPS) is 12.7. The van der Waals surface area contributed by atoms with Crippen molar-refractivity contribution in [3.63, 3.8) is 0 Å². The lowest BCUT2D eigenvalue weighted by Crippen LogP contribution is -2.16. The molecular weight excluding hydrogens is 272 g/mol. The summed E-state index contributed by atoms with van der Waals surface area (Å²) in [7, 11) is 1.90. The minimum atomic E-state index is 0.148. The molecule has 0 aliphatic rings. The molecule has 1 aromatic heterocycles. The van der Waals surface area contributed by atoms with Crippen LogP contribution in [0.25, 0.3) is 0 Å². The van der Waals surface area contributed by atoms with Crippen molar-refractivity contribution in [3.8, 4) is 0 Å². The van der Waals surface area contributed by atoms with Crippen molar-refractivity contribution in [2.24, 2.45) is 13.0 Å². The molecule has 1 unspecified atom stereocenters. The molecule has 2 aromatic rings. The molecule has 0 amide bonds. The molecule has 0 saturated heterocycles. The second-order valence-corrected chi connectivity index (χ2v) is 5.73. The first-order valence-electron chi connectivity index (χ1n) is 6.86. The zero-order valence-corrected chi connectivity index (χ0v) is 13.0. The minimum absolute atomic E-state index is 0.148. The van der Waals surface area contributed by atoms with Gasteiger partial charge in [0.1, 0.15) is 0 Å². The Hall–Kier alpha value is -1.32. The Morgan fingerprint density at radius 2 is 1.95 bits per heavy atom. The largest absolute Gasteiger partial charge is 0.396 e. The lowest BCUT2D eigenvalue weighted by Gasteiger charge is -2.16. The van der Waals surface area contributed by atoms with E-state index in [0.717, 1.165) is 29.3 Å². The van der Waals surface area contributed by atoms with Gasteiger partial charge in [-0.25, -0.2) is 0 Å². The standard InChI is InChI=1S/C16H21ClN2O/c1-11-6-4-5-7-14(11)8-13(10-20)9-15-16(17)12(2)18-19(15)3/h4-7,13,20H,8-10H2,1-3H3. The maximum absolute atomic E-state index is 9.66. The Morgan fingerprint density at radius 3 is 2.50 bits per heavy atom. The van der Waals surface area contributed by atoms with Gasteiger partial charge in [0, 0.05) is 13.7 Å². The number of aromatic nitrogens is 2. The first-order valence-corrected chi connectivity index (χ1v) is 7.24. The van der Waals surface area contributed by atoms with Gasteiger partial charge in [0.25, 0.3) is 0 Å². The van der Waals surface area contributed by atoms with E-state index in [4.69, 9.17) is 11.6 Å². The average molecular weight is 293 g/mol. The van der Waals surface area contributed by atoms with Gasteiger partial charge in [-0.05, 0) is 43.7 Å². The molecule has 0 fully saturated rings. The zero-order chi connectivity index (χ0) is 14.7. The number of hydrogen-bond acceptors (Lipinski definition) is 2. The fraction of sp³-hybridized carbons (Fsp3) is 0.438. The highest BCUT2D eigenvalue weighted by Gasteiger charge is 2.17. The van der Waals surface area contributed by atoms with Crippen LogP contribution in [0.3, 0.4) is 0 Å². The van der Waals surface area contributed by atoms with E-state index < -0.39 is 0 Å². The summed E-state index contributed by atoms with van der Waals surface area (Å²) in [5.41, 5.74) is 4.38. The Labute approximate surface area is 125 Å². The van der Waals surface area contributed by atoms with Crippen LogP contribution in [-0.4, -0.2) is 21.5 Å². The topological polar surface area (TPSA) is 38.1 Å². The van der Waals surface area contributed by atoms with E-state index in [1.54, 1.807) is 0 Å². The van der Waals surface area contributed by atoms with Crippen LogP contribution in [0.4, 0.5) is 0 Å². The number of aryl methyl sites for hydroxylation is 3. The van der Waals surface area contributed by atoms with Gasteiger partial charge in [0.2, 0.25) is 0 Å². The van der Waals surface area contributed by atoms with Crippen LogP contribution < -0.4 is 0 Å². The lowest BCUT2D eigenvalue weighted by atomic mass is 9.93. The second-order valence-electron chi connectivity index (χ2n) is 5.35. The van der Waals surface area contributed by atoms with Crippen molar-refractivity contribution in [2.45, 2.75) is 26.7 Å². The summed E-state index contributed by atoms with van der Waals surface area (Å²) in [5.74, 6) is 0.156. The van der Waals surface area contributed by atoms with E-state index in [1.807, 2.05) is 30.8 Å². The third-order valence-electron chi connectivity index (χ3n) is 3.77. The fourth-order valence-electron chi connectivity index (χ4n) is 2.53. The molecule has 1 heterocycles. The van der Waals surface area contributed by atoms with E-state index in [2.05, 4.69) is 24.2 Å². The predicted molar refractivity (Wildman–Crippen MR) is 82.1 cm³/mol. The number of nitrogens with zero attached hydrogens (tertiary/aromatic N) is 2. The van der Waals surface area contributed by atoms with Crippen molar-refractivity contribution in [3.05, 3.63) is 51.8 Å². The quantitative estimate of drug-likeness (QED) is 0.920. The molecule has 4 heteroatoms. The van der Waals surface area contributed by atoms with Crippen molar-refractivity contribution in [2.75, 3.05) is 6.61 Å². The van der Waals surface area contributed by atoms with Crippen molar-refractivity contribution in [1.29, 1.82) is 0 Å². The molecular formula is C16H21ClN2O. The second kappa shape index (κ2) is 6.42. The number of rotatable bonds is 5. The van der Waals surface area contributed by atoms with Gasteiger partial charge in [0.15, 0.2) is 0 Å². The third-order valence-corrected chi connectivity index (χ3v) is 4.26. The summed E-state index contributed by atoms with van der Waals surface area (Å²) < 4.78 is 1.82. The molecule has 2 rings (SSSR count). The van der Waals surface area contributed by atoms with Crippen molar-refractivity contribution in [1.82, 2.24) is 9.78 Å². The molecule has 0 aliphatic carbocycles. The summed E-state index contributed by atoms with van der Waals surface area (Å²) in [5, 5.41) is 14.7. The van der Waals surface area contributed by atoms with E-state index in [1.165, 1.54) is 11.1 Å². The molecule has 1 aromatic carbocycles. The number of aliphatic hydroxyl groups is 1. The van der Waals surface area contributed by atoms with E-state index >= 15 is 0 Å². The molecule has 0 saturated carbocycles. The number of hydrogen-bond donors (Lipinski definition) is 1. The van der Waals surface area contributed by atoms with Gasteiger partial charge in [-0.3, -0.25) is 4.68 Å². The van der Waals surface area contributed by atoms with Gasteiger partial charge in [-0.1, -0.05) is 35.9 Å². The molecule has 20 heavy (non-hydrogen) atoms. The fourth-order valence-corrected chi connectivity index (χ4v) is 2.76. The molecule has 1 N–H and O–H groups in total. The van der Waals surface area contributed by atoms with Gasteiger partial charge >= 0.3 is 0 Å². The predicted octanol–water partition coefficient (Wildman–Crippen LogP) is 3.08. The molecule has 0 aliphatic heterocycles. The zero-order valence-electron chi connectivity index (χ0n) is 12.2. The Balaban J connectivity index is 2.15. The van der Waals surface area contributed by atoms with E-state index in [9.17, 15) is 5.11 Å². The molecule has 3 nitrogen and oxygen atoms in total. The molecule has 0 spiro atoms. The van der Waals surface area contributed by atoms with Crippen LogP contribution >= 0.6 is 11.6 Å². The first-order chi connectivity index (χ1) is 9.52. The maximum Gasteiger partial charge on any atom is 0.0847 e. The smallest absolute Gasteiger partial charge is 0.0847 e. The van der Waals surface area contributed by atoms with Crippen molar-refractivity contribution < 1.29 is 5.11 Å². The summed E-state index contributed by atoms with van der Waals surface area (Å²) in [6, 6.07) is 8.30.